The molecule has 0 bridgehead atoms. The third kappa shape index (κ3) is 7.59. The number of H-pyrrole nitrogens is 1. The molecule has 1 fully saturated rings. The molecular formula is C17H28MnN6O4. The average molecular weight is 435 g/mol. The third-order valence-corrected chi connectivity index (χ3v) is 4.54. The Balaban J connectivity index is 0.00000392. The van der Waals surface area contributed by atoms with Crippen molar-refractivity contribution in [2.75, 3.05) is 13.1 Å². The molecule has 1 aliphatic rings. The molecule has 1 aliphatic heterocycles. The molecule has 0 spiro atoms. The zero-order valence-corrected chi connectivity index (χ0v) is 16.8. The predicted octanol–water partition coefficient (Wildman–Crippen LogP) is -1.12. The summed E-state index contributed by atoms with van der Waals surface area (Å²) >= 11 is 0. The molecule has 28 heavy (non-hydrogen) atoms. The number of hydrogen-bond donors (Lipinski definition) is 6. The molecule has 2 amide bonds. The number of aromatic nitrogens is 2. The number of nitrogens with zero attached hydrogens (tertiary/aromatic N) is 1. The van der Waals surface area contributed by atoms with Gasteiger partial charge < -0.3 is 31.8 Å². The van der Waals surface area contributed by atoms with E-state index < -0.39 is 24.0 Å². The van der Waals surface area contributed by atoms with Crippen molar-refractivity contribution >= 4 is 17.8 Å². The Hall–Kier alpha value is -1.94. The van der Waals surface area contributed by atoms with Crippen molar-refractivity contribution < 1.29 is 36.6 Å². The zero-order valence-electron chi connectivity index (χ0n) is 15.6. The summed E-state index contributed by atoms with van der Waals surface area (Å²) in [7, 11) is 0. The molecule has 7 N–H and O–H groups in total. The number of carbonyl (C=O) groups is 3. The van der Waals surface area contributed by atoms with E-state index in [9.17, 15) is 19.5 Å². The summed E-state index contributed by atoms with van der Waals surface area (Å²) in [4.78, 5) is 43.4. The van der Waals surface area contributed by atoms with Crippen LogP contribution in [0.3, 0.4) is 0 Å². The minimum atomic E-state index is -1.11. The number of nitrogens with one attached hydrogen (secondary N) is 4. The number of imidazole rings is 1. The van der Waals surface area contributed by atoms with E-state index >= 15 is 0 Å². The number of hydrogen-bond acceptors (Lipinski definition) is 6. The number of unbranched alkanes of at least 4 members (excludes halogenated alkanes) is 1. The van der Waals surface area contributed by atoms with E-state index in [0.29, 0.717) is 31.5 Å². The first-order valence-electron chi connectivity index (χ1n) is 9.26. The maximum Gasteiger partial charge on any atom is 0.326 e. The van der Waals surface area contributed by atoms with Crippen LogP contribution in [0.5, 0.6) is 0 Å². The molecule has 2 heterocycles. The third-order valence-electron chi connectivity index (χ3n) is 4.54. The molecule has 3 unspecified atom stereocenters. The van der Waals surface area contributed by atoms with Crippen molar-refractivity contribution in [3.05, 3.63) is 18.2 Å². The number of carboxylic acids is 1. The molecule has 1 aromatic heterocycles. The molecule has 157 valence electrons. The number of aromatic amines is 1. The zero-order chi connectivity index (χ0) is 19.6. The van der Waals surface area contributed by atoms with Crippen molar-refractivity contribution in [1.82, 2.24) is 25.9 Å². The molecule has 2 rings (SSSR count). The molecule has 1 aromatic rings. The van der Waals surface area contributed by atoms with Crippen molar-refractivity contribution in [1.29, 1.82) is 0 Å². The Morgan fingerprint density at radius 2 is 2.07 bits per heavy atom. The van der Waals surface area contributed by atoms with E-state index in [0.717, 1.165) is 13.0 Å². The normalized spacial score (nSPS) is 18.0. The van der Waals surface area contributed by atoms with Crippen LogP contribution in [0.2, 0.25) is 0 Å². The molecule has 0 aliphatic carbocycles. The second-order valence-corrected chi connectivity index (χ2v) is 6.66. The molecule has 0 saturated carbocycles. The van der Waals surface area contributed by atoms with Crippen LogP contribution in [0.15, 0.2) is 12.5 Å². The Labute approximate surface area is 174 Å². The van der Waals surface area contributed by atoms with Crippen LogP contribution in [0.4, 0.5) is 0 Å². The van der Waals surface area contributed by atoms with Gasteiger partial charge in [0.15, 0.2) is 0 Å². The Kier molecular flexibility index (Phi) is 10.8. The van der Waals surface area contributed by atoms with Gasteiger partial charge in [0.2, 0.25) is 11.8 Å². The van der Waals surface area contributed by atoms with Crippen LogP contribution in [0.25, 0.3) is 0 Å². The largest absolute Gasteiger partial charge is 0.480 e. The van der Waals surface area contributed by atoms with E-state index in [1.807, 2.05) is 0 Å². The average Bonchev–Trinajstić information content (AvgIpc) is 3.33. The van der Waals surface area contributed by atoms with Gasteiger partial charge in [0, 0.05) is 29.7 Å². The van der Waals surface area contributed by atoms with Gasteiger partial charge in [-0.1, -0.05) is 0 Å². The van der Waals surface area contributed by atoms with Crippen LogP contribution in [0, 0.1) is 0 Å². The second kappa shape index (κ2) is 12.5. The van der Waals surface area contributed by atoms with Gasteiger partial charge in [0.05, 0.1) is 18.1 Å². The number of amides is 2. The molecule has 11 heteroatoms. The minimum absolute atomic E-state index is 0. The quantitative estimate of drug-likeness (QED) is 0.190. The Morgan fingerprint density at radius 1 is 1.29 bits per heavy atom. The molecule has 1 radical (unpaired) electrons. The Bertz CT molecular complexity index is 621. The molecule has 1 saturated heterocycles. The second-order valence-electron chi connectivity index (χ2n) is 6.66. The van der Waals surface area contributed by atoms with Crippen LogP contribution in [-0.4, -0.2) is 64.1 Å². The summed E-state index contributed by atoms with van der Waals surface area (Å²) in [5.74, 6) is -1.91. The van der Waals surface area contributed by atoms with Gasteiger partial charge in [-0.15, -0.1) is 0 Å². The van der Waals surface area contributed by atoms with E-state index in [1.54, 1.807) is 6.20 Å². The fourth-order valence-corrected chi connectivity index (χ4v) is 3.02. The smallest absolute Gasteiger partial charge is 0.326 e. The van der Waals surface area contributed by atoms with Gasteiger partial charge in [0.1, 0.15) is 12.1 Å². The molecule has 0 aromatic carbocycles. The van der Waals surface area contributed by atoms with Crippen molar-refractivity contribution in [2.24, 2.45) is 5.73 Å². The summed E-state index contributed by atoms with van der Waals surface area (Å²) in [5.41, 5.74) is 6.03. The number of aliphatic carboxylic acids is 1. The van der Waals surface area contributed by atoms with E-state index in [4.69, 9.17) is 5.73 Å². The van der Waals surface area contributed by atoms with Gasteiger partial charge >= 0.3 is 5.97 Å². The standard InChI is InChI=1S/C17H28N6O4.Mn/c18-6-2-1-4-13(17(26)27)22-16(25)14(8-11-9-19-10-21-11)23-15(24)12-5-3-7-20-12;/h9-10,12-14,20H,1-8,18H2,(H,19,21)(H,22,25)(H,23,24)(H,26,27);. The topological polar surface area (TPSA) is 162 Å². The fraction of sp³-hybridized carbons (Fsp3) is 0.647. The van der Waals surface area contributed by atoms with Gasteiger partial charge in [-0.3, -0.25) is 9.59 Å². The number of nitrogens with two attached hydrogens (primary N) is 1. The van der Waals surface area contributed by atoms with Gasteiger partial charge in [-0.2, -0.15) is 0 Å². The van der Waals surface area contributed by atoms with Crippen molar-refractivity contribution in [3.63, 3.8) is 0 Å². The van der Waals surface area contributed by atoms with E-state index in [2.05, 4.69) is 25.9 Å². The van der Waals surface area contributed by atoms with Gasteiger partial charge in [0.25, 0.3) is 0 Å². The summed E-state index contributed by atoms with van der Waals surface area (Å²) in [6.07, 6.45) is 6.45. The molecule has 10 nitrogen and oxygen atoms in total. The fourth-order valence-electron chi connectivity index (χ4n) is 3.02. The van der Waals surface area contributed by atoms with Crippen molar-refractivity contribution in [3.8, 4) is 0 Å². The van der Waals surface area contributed by atoms with Crippen LogP contribution in [-0.2, 0) is 37.9 Å². The summed E-state index contributed by atoms with van der Waals surface area (Å²) in [5, 5.41) is 17.7. The minimum Gasteiger partial charge on any atom is -0.480 e. The maximum absolute atomic E-state index is 12.7. The number of carbonyl (C=O) groups excluding carboxylic acids is 2. The molecule has 3 atom stereocenters. The first-order chi connectivity index (χ1) is 13.0. The first kappa shape index (κ1) is 24.1. The first-order valence-corrected chi connectivity index (χ1v) is 9.26. The maximum atomic E-state index is 12.7. The monoisotopic (exact) mass is 435 g/mol. The summed E-state index contributed by atoms with van der Waals surface area (Å²) < 4.78 is 0. The van der Waals surface area contributed by atoms with Crippen LogP contribution in [0.1, 0.15) is 37.8 Å². The SMILES string of the molecule is NCCCCC(NC(=O)C(Cc1c[nH]cn1)NC(=O)C1CCCN1)C(=O)O.[Mn]. The van der Waals surface area contributed by atoms with Gasteiger partial charge in [-0.05, 0) is 45.2 Å². The Morgan fingerprint density at radius 3 is 2.64 bits per heavy atom. The molecular weight excluding hydrogens is 407 g/mol. The van der Waals surface area contributed by atoms with Crippen LogP contribution < -0.4 is 21.7 Å². The van der Waals surface area contributed by atoms with E-state index in [-0.39, 0.29) is 41.9 Å². The number of rotatable bonds is 11. The van der Waals surface area contributed by atoms with Crippen molar-refractivity contribution in [2.45, 2.75) is 56.7 Å². The summed E-state index contributed by atoms with van der Waals surface area (Å²) in [6, 6.07) is -2.26. The predicted molar refractivity (Wildman–Crippen MR) is 97.7 cm³/mol. The summed E-state index contributed by atoms with van der Waals surface area (Å²) in [6.45, 7) is 1.23. The van der Waals surface area contributed by atoms with E-state index in [1.165, 1.54) is 6.33 Å². The van der Waals surface area contributed by atoms with Crippen LogP contribution >= 0.6 is 0 Å². The number of carboxylic acid groups (broad SMARTS) is 1. The van der Waals surface area contributed by atoms with Gasteiger partial charge in [-0.25, -0.2) is 9.78 Å².